The molecule has 2 rings (SSSR count). The largest absolute Gasteiger partial charge is 0.383 e. The van der Waals surface area contributed by atoms with E-state index in [0.717, 1.165) is 43.4 Å². The Kier molecular flexibility index (Phi) is 4.11. The van der Waals surface area contributed by atoms with E-state index in [4.69, 9.17) is 5.73 Å². The highest BCUT2D eigenvalue weighted by Gasteiger charge is 2.22. The summed E-state index contributed by atoms with van der Waals surface area (Å²) in [6.45, 7) is 10.7. The van der Waals surface area contributed by atoms with Crippen molar-refractivity contribution >= 4 is 17.5 Å². The van der Waals surface area contributed by atoms with Crippen molar-refractivity contribution in [2.24, 2.45) is 0 Å². The molecule has 0 aliphatic carbocycles. The molecule has 0 spiro atoms. The number of piperazine rings is 1. The van der Waals surface area contributed by atoms with Gasteiger partial charge in [0.2, 0.25) is 5.91 Å². The van der Waals surface area contributed by atoms with E-state index in [0.29, 0.717) is 5.82 Å². The fraction of sp³-hybridized carbons (Fsp3) is 0.643. The maximum Gasteiger partial charge on any atom is 0.219 e. The lowest BCUT2D eigenvalue weighted by atomic mass is 10.2. The van der Waals surface area contributed by atoms with E-state index in [-0.39, 0.29) is 11.8 Å². The summed E-state index contributed by atoms with van der Waals surface area (Å²) in [5.74, 6) is 2.61. The Balaban J connectivity index is 2.23. The molecule has 1 saturated heterocycles. The molecule has 0 unspecified atom stereocenters. The van der Waals surface area contributed by atoms with Gasteiger partial charge in [-0.1, -0.05) is 13.8 Å². The first-order valence-corrected chi connectivity index (χ1v) is 7.04. The van der Waals surface area contributed by atoms with Crippen LogP contribution < -0.4 is 10.6 Å². The van der Waals surface area contributed by atoms with Gasteiger partial charge in [-0.25, -0.2) is 9.97 Å². The number of nitrogen functional groups attached to an aromatic ring is 1. The van der Waals surface area contributed by atoms with E-state index >= 15 is 0 Å². The summed E-state index contributed by atoms with van der Waals surface area (Å²) in [6.07, 6.45) is 0. The number of nitrogens with two attached hydrogens (primary N) is 1. The zero-order valence-electron chi connectivity index (χ0n) is 12.7. The number of nitrogens with zero attached hydrogens (tertiary/aromatic N) is 4. The smallest absolute Gasteiger partial charge is 0.219 e. The monoisotopic (exact) mass is 277 g/mol. The van der Waals surface area contributed by atoms with Gasteiger partial charge in [0.1, 0.15) is 17.5 Å². The van der Waals surface area contributed by atoms with Gasteiger partial charge in [-0.05, 0) is 6.92 Å². The maximum absolute atomic E-state index is 11.4. The molecular formula is C14H23N5O. The van der Waals surface area contributed by atoms with Crippen LogP contribution >= 0.6 is 0 Å². The van der Waals surface area contributed by atoms with Gasteiger partial charge in [0, 0.05) is 44.6 Å². The topological polar surface area (TPSA) is 75.4 Å². The Labute approximate surface area is 120 Å². The third kappa shape index (κ3) is 2.84. The van der Waals surface area contributed by atoms with Gasteiger partial charge >= 0.3 is 0 Å². The number of rotatable bonds is 2. The molecular weight excluding hydrogens is 254 g/mol. The average molecular weight is 277 g/mol. The molecule has 1 aromatic heterocycles. The first-order valence-electron chi connectivity index (χ1n) is 7.04. The van der Waals surface area contributed by atoms with Crippen molar-refractivity contribution in [1.82, 2.24) is 14.9 Å². The zero-order valence-corrected chi connectivity index (χ0v) is 12.7. The van der Waals surface area contributed by atoms with Crippen LogP contribution in [0.4, 0.5) is 11.6 Å². The van der Waals surface area contributed by atoms with Gasteiger partial charge in [-0.2, -0.15) is 0 Å². The van der Waals surface area contributed by atoms with E-state index in [1.54, 1.807) is 6.92 Å². The lowest BCUT2D eigenvalue weighted by molar-refractivity contribution is -0.129. The highest BCUT2D eigenvalue weighted by atomic mass is 16.2. The van der Waals surface area contributed by atoms with Gasteiger partial charge in [0.05, 0.1) is 0 Å². The molecule has 1 fully saturated rings. The molecule has 6 heteroatoms. The van der Waals surface area contributed by atoms with Crippen molar-refractivity contribution in [2.45, 2.75) is 33.6 Å². The van der Waals surface area contributed by atoms with Gasteiger partial charge < -0.3 is 15.5 Å². The number of anilines is 2. The number of carbonyl (C=O) groups excluding carboxylic acids is 1. The minimum Gasteiger partial charge on any atom is -0.383 e. The highest BCUT2D eigenvalue weighted by molar-refractivity contribution is 5.73. The Morgan fingerprint density at radius 2 is 1.80 bits per heavy atom. The van der Waals surface area contributed by atoms with E-state index in [1.807, 2.05) is 11.8 Å². The number of hydrogen-bond donors (Lipinski definition) is 1. The molecule has 0 saturated carbocycles. The van der Waals surface area contributed by atoms with E-state index < -0.39 is 0 Å². The summed E-state index contributed by atoms with van der Waals surface area (Å²) in [6, 6.07) is 0. The molecule has 0 radical (unpaired) electrons. The van der Waals surface area contributed by atoms with Crippen LogP contribution in [0.25, 0.3) is 0 Å². The Morgan fingerprint density at radius 1 is 1.20 bits per heavy atom. The Morgan fingerprint density at radius 3 is 2.30 bits per heavy atom. The van der Waals surface area contributed by atoms with Crippen LogP contribution in [0.15, 0.2) is 0 Å². The van der Waals surface area contributed by atoms with Crippen molar-refractivity contribution in [2.75, 3.05) is 36.8 Å². The third-order valence-electron chi connectivity index (χ3n) is 3.72. The van der Waals surface area contributed by atoms with Crippen molar-refractivity contribution in [3.05, 3.63) is 11.4 Å². The van der Waals surface area contributed by atoms with Crippen LogP contribution in [0.5, 0.6) is 0 Å². The van der Waals surface area contributed by atoms with Crippen LogP contribution in [0.2, 0.25) is 0 Å². The molecule has 1 aromatic rings. The Bertz CT molecular complexity index is 507. The summed E-state index contributed by atoms with van der Waals surface area (Å²) in [5.41, 5.74) is 6.92. The second kappa shape index (κ2) is 5.64. The van der Waals surface area contributed by atoms with E-state index in [9.17, 15) is 4.79 Å². The second-order valence-electron chi connectivity index (χ2n) is 5.56. The quantitative estimate of drug-likeness (QED) is 0.878. The fourth-order valence-electron chi connectivity index (χ4n) is 2.34. The molecule has 20 heavy (non-hydrogen) atoms. The normalized spacial score (nSPS) is 15.8. The third-order valence-corrected chi connectivity index (χ3v) is 3.72. The minimum atomic E-state index is 0.131. The van der Waals surface area contributed by atoms with Crippen molar-refractivity contribution in [1.29, 1.82) is 0 Å². The second-order valence-corrected chi connectivity index (χ2v) is 5.56. The summed E-state index contributed by atoms with van der Waals surface area (Å²) in [4.78, 5) is 24.4. The fourth-order valence-corrected chi connectivity index (χ4v) is 2.34. The lowest BCUT2D eigenvalue weighted by Crippen LogP contribution is -2.48. The van der Waals surface area contributed by atoms with Crippen LogP contribution in [-0.2, 0) is 4.79 Å². The van der Waals surface area contributed by atoms with Crippen LogP contribution in [-0.4, -0.2) is 47.0 Å². The van der Waals surface area contributed by atoms with Gasteiger partial charge in [0.15, 0.2) is 0 Å². The molecule has 6 nitrogen and oxygen atoms in total. The van der Waals surface area contributed by atoms with Crippen LogP contribution in [0.3, 0.4) is 0 Å². The molecule has 110 valence electrons. The molecule has 2 N–H and O–H groups in total. The number of carbonyl (C=O) groups is 1. The Hall–Kier alpha value is -1.85. The summed E-state index contributed by atoms with van der Waals surface area (Å²) < 4.78 is 0. The molecule has 1 amide bonds. The zero-order chi connectivity index (χ0) is 14.9. The van der Waals surface area contributed by atoms with E-state index in [1.165, 1.54) is 0 Å². The molecule has 0 bridgehead atoms. The summed E-state index contributed by atoms with van der Waals surface area (Å²) in [7, 11) is 0. The number of hydrogen-bond acceptors (Lipinski definition) is 5. The maximum atomic E-state index is 11.4. The van der Waals surface area contributed by atoms with Gasteiger partial charge in [-0.15, -0.1) is 0 Å². The number of amides is 1. The first-order chi connectivity index (χ1) is 9.40. The predicted octanol–water partition coefficient (Wildman–Crippen LogP) is 1.16. The van der Waals surface area contributed by atoms with Crippen molar-refractivity contribution < 1.29 is 4.79 Å². The molecule has 2 heterocycles. The van der Waals surface area contributed by atoms with E-state index in [2.05, 4.69) is 28.7 Å². The summed E-state index contributed by atoms with van der Waals surface area (Å²) in [5, 5.41) is 0. The van der Waals surface area contributed by atoms with Gasteiger partial charge in [-0.3, -0.25) is 4.79 Å². The minimum absolute atomic E-state index is 0.131. The average Bonchev–Trinajstić information content (AvgIpc) is 2.41. The predicted molar refractivity (Wildman–Crippen MR) is 79.7 cm³/mol. The highest BCUT2D eigenvalue weighted by Crippen LogP contribution is 2.25. The van der Waals surface area contributed by atoms with Crippen LogP contribution in [0.1, 0.15) is 38.1 Å². The molecule has 1 aliphatic rings. The lowest BCUT2D eigenvalue weighted by Gasteiger charge is -2.35. The van der Waals surface area contributed by atoms with Gasteiger partial charge in [0.25, 0.3) is 0 Å². The molecule has 1 aliphatic heterocycles. The SMILES string of the molecule is CC(=O)N1CCN(c2nc(C(C)C)nc(N)c2C)CC1. The van der Waals surface area contributed by atoms with Crippen molar-refractivity contribution in [3.8, 4) is 0 Å². The molecule has 0 aromatic carbocycles. The standard InChI is InChI=1S/C14H23N5O/c1-9(2)13-16-12(15)10(3)14(17-13)19-7-5-18(6-8-19)11(4)20/h9H,5-8H2,1-4H3,(H2,15,16,17). The first kappa shape index (κ1) is 14.6. The van der Waals surface area contributed by atoms with Crippen molar-refractivity contribution in [3.63, 3.8) is 0 Å². The summed E-state index contributed by atoms with van der Waals surface area (Å²) >= 11 is 0. The number of aromatic nitrogens is 2. The van der Waals surface area contributed by atoms with Crippen LogP contribution in [0, 0.1) is 6.92 Å². The molecule has 0 atom stereocenters.